The van der Waals surface area contributed by atoms with Crippen LogP contribution in [0.3, 0.4) is 0 Å². The summed E-state index contributed by atoms with van der Waals surface area (Å²) in [5.74, 6) is 0.0967. The second-order valence-electron chi connectivity index (χ2n) is 5.09. The molecule has 1 aromatic heterocycles. The normalized spacial score (nSPS) is 16.9. The maximum absolute atomic E-state index is 11.6. The molecule has 0 bridgehead atoms. The highest BCUT2D eigenvalue weighted by molar-refractivity contribution is 5.97. The summed E-state index contributed by atoms with van der Waals surface area (Å²) >= 11 is 0. The van der Waals surface area contributed by atoms with E-state index >= 15 is 0 Å². The molecule has 0 saturated carbocycles. The number of nitrogens with one attached hydrogen (secondary N) is 1. The summed E-state index contributed by atoms with van der Waals surface area (Å²) in [6.45, 7) is 5.22. The van der Waals surface area contributed by atoms with E-state index in [9.17, 15) is 4.79 Å². The van der Waals surface area contributed by atoms with Crippen molar-refractivity contribution < 1.29 is 9.53 Å². The zero-order valence-corrected chi connectivity index (χ0v) is 12.1. The van der Waals surface area contributed by atoms with Crippen molar-refractivity contribution in [3.8, 4) is 0 Å². The molecule has 6 nitrogen and oxygen atoms in total. The highest BCUT2D eigenvalue weighted by Gasteiger charge is 2.19. The van der Waals surface area contributed by atoms with E-state index in [1.165, 1.54) is 20.0 Å². The molecule has 1 aliphatic heterocycles. The number of pyridine rings is 1. The molecule has 20 heavy (non-hydrogen) atoms. The fourth-order valence-electron chi connectivity index (χ4n) is 2.46. The maximum Gasteiger partial charge on any atom is 0.340 e. The van der Waals surface area contributed by atoms with Crippen molar-refractivity contribution in [2.45, 2.75) is 25.8 Å². The summed E-state index contributed by atoms with van der Waals surface area (Å²) in [4.78, 5) is 18.2. The summed E-state index contributed by atoms with van der Waals surface area (Å²) in [5.41, 5.74) is 6.65. The van der Waals surface area contributed by atoms with Crippen LogP contribution in [-0.4, -0.2) is 48.6 Å². The van der Waals surface area contributed by atoms with Crippen LogP contribution in [0.1, 0.15) is 30.1 Å². The van der Waals surface area contributed by atoms with E-state index in [0.717, 1.165) is 19.6 Å². The van der Waals surface area contributed by atoms with Crippen LogP contribution in [0.15, 0.2) is 12.3 Å². The highest BCUT2D eigenvalue weighted by atomic mass is 16.5. The fraction of sp³-hybridized carbons (Fsp3) is 0.571. The van der Waals surface area contributed by atoms with Gasteiger partial charge in [0, 0.05) is 18.8 Å². The van der Waals surface area contributed by atoms with Gasteiger partial charge in [-0.3, -0.25) is 4.90 Å². The third-order valence-corrected chi connectivity index (χ3v) is 3.72. The Morgan fingerprint density at radius 1 is 1.55 bits per heavy atom. The molecule has 2 rings (SSSR count). The van der Waals surface area contributed by atoms with Crippen molar-refractivity contribution in [3.63, 3.8) is 0 Å². The van der Waals surface area contributed by atoms with E-state index in [2.05, 4.69) is 22.1 Å². The quantitative estimate of drug-likeness (QED) is 0.791. The van der Waals surface area contributed by atoms with Crippen molar-refractivity contribution >= 4 is 17.5 Å². The Kier molecular flexibility index (Phi) is 4.79. The minimum atomic E-state index is -0.444. The van der Waals surface area contributed by atoms with Crippen molar-refractivity contribution in [1.82, 2.24) is 9.88 Å². The van der Waals surface area contributed by atoms with Crippen molar-refractivity contribution in [2.24, 2.45) is 0 Å². The zero-order valence-electron chi connectivity index (χ0n) is 12.1. The van der Waals surface area contributed by atoms with E-state index in [-0.39, 0.29) is 0 Å². The lowest BCUT2D eigenvalue weighted by Gasteiger charge is -2.24. The molecule has 0 spiro atoms. The van der Waals surface area contributed by atoms with E-state index < -0.39 is 5.97 Å². The van der Waals surface area contributed by atoms with Gasteiger partial charge >= 0.3 is 5.97 Å². The number of nitrogens with zero attached hydrogens (tertiary/aromatic N) is 2. The number of nitrogens with two attached hydrogens (primary N) is 1. The monoisotopic (exact) mass is 278 g/mol. The number of ether oxygens (including phenoxy) is 1. The first-order valence-corrected chi connectivity index (χ1v) is 6.94. The molecule has 1 saturated heterocycles. The van der Waals surface area contributed by atoms with Gasteiger partial charge in [-0.2, -0.15) is 0 Å². The van der Waals surface area contributed by atoms with Gasteiger partial charge in [-0.25, -0.2) is 9.78 Å². The molecule has 0 radical (unpaired) electrons. The van der Waals surface area contributed by atoms with Crippen LogP contribution in [0.2, 0.25) is 0 Å². The van der Waals surface area contributed by atoms with Gasteiger partial charge in [0.1, 0.15) is 5.82 Å². The second kappa shape index (κ2) is 6.56. The molecule has 1 aromatic rings. The highest BCUT2D eigenvalue weighted by Crippen LogP contribution is 2.21. The van der Waals surface area contributed by atoms with Crippen LogP contribution in [0.4, 0.5) is 11.5 Å². The van der Waals surface area contributed by atoms with Crippen LogP contribution in [0.25, 0.3) is 0 Å². The summed E-state index contributed by atoms with van der Waals surface area (Å²) < 4.78 is 4.70. The fourth-order valence-corrected chi connectivity index (χ4v) is 2.46. The molecule has 6 heteroatoms. The van der Waals surface area contributed by atoms with E-state index in [4.69, 9.17) is 10.5 Å². The predicted octanol–water partition coefficient (Wildman–Crippen LogP) is 1.35. The molecule has 1 atom stereocenters. The van der Waals surface area contributed by atoms with Crippen LogP contribution < -0.4 is 11.1 Å². The van der Waals surface area contributed by atoms with E-state index in [0.29, 0.717) is 23.1 Å². The number of hydrogen-bond acceptors (Lipinski definition) is 6. The zero-order chi connectivity index (χ0) is 14.5. The molecular weight excluding hydrogens is 256 g/mol. The summed E-state index contributed by atoms with van der Waals surface area (Å²) in [5, 5.41) is 3.22. The summed E-state index contributed by atoms with van der Waals surface area (Å²) in [6.07, 6.45) is 4.09. The topological polar surface area (TPSA) is 80.5 Å². The number of rotatable bonds is 5. The third kappa shape index (κ3) is 3.19. The van der Waals surface area contributed by atoms with Gasteiger partial charge in [0.05, 0.1) is 18.4 Å². The maximum atomic E-state index is 11.6. The Labute approximate surface area is 119 Å². The molecule has 0 amide bonds. The van der Waals surface area contributed by atoms with Crippen LogP contribution >= 0.6 is 0 Å². The average molecular weight is 278 g/mol. The van der Waals surface area contributed by atoms with Gasteiger partial charge in [0.25, 0.3) is 0 Å². The van der Waals surface area contributed by atoms with Gasteiger partial charge in [0.2, 0.25) is 0 Å². The molecule has 1 aliphatic rings. The Balaban J connectivity index is 2.00. The van der Waals surface area contributed by atoms with Gasteiger partial charge < -0.3 is 15.8 Å². The first-order chi connectivity index (χ1) is 9.63. The number of carbonyl (C=O) groups is 1. The molecule has 0 aliphatic carbocycles. The smallest absolute Gasteiger partial charge is 0.340 e. The molecule has 110 valence electrons. The van der Waals surface area contributed by atoms with Crippen molar-refractivity contribution in [3.05, 3.63) is 17.8 Å². The van der Waals surface area contributed by atoms with Crippen LogP contribution in [-0.2, 0) is 4.74 Å². The Bertz CT molecular complexity index is 472. The van der Waals surface area contributed by atoms with Gasteiger partial charge in [-0.15, -0.1) is 0 Å². The molecule has 0 aromatic carbocycles. The Morgan fingerprint density at radius 2 is 2.25 bits per heavy atom. The first kappa shape index (κ1) is 14.6. The lowest BCUT2D eigenvalue weighted by Crippen LogP contribution is -2.35. The van der Waals surface area contributed by atoms with Crippen LogP contribution in [0.5, 0.6) is 0 Å². The molecule has 2 heterocycles. The lowest BCUT2D eigenvalue weighted by atomic mass is 10.2. The average Bonchev–Trinajstić information content (AvgIpc) is 2.99. The summed E-state index contributed by atoms with van der Waals surface area (Å²) in [7, 11) is 1.34. The van der Waals surface area contributed by atoms with Gasteiger partial charge in [0.15, 0.2) is 0 Å². The number of carbonyl (C=O) groups excluding carboxylic acids is 1. The Hall–Kier alpha value is -1.82. The minimum Gasteiger partial charge on any atom is -0.465 e. The molecule has 3 N–H and O–H groups in total. The number of likely N-dealkylation sites (tertiary alicyclic amines) is 1. The lowest BCUT2D eigenvalue weighted by molar-refractivity contribution is 0.0602. The molecule has 1 unspecified atom stereocenters. The number of aromatic nitrogens is 1. The van der Waals surface area contributed by atoms with Gasteiger partial charge in [-0.05, 0) is 38.9 Å². The molecular formula is C14H22N4O2. The predicted molar refractivity (Wildman–Crippen MR) is 78.7 cm³/mol. The third-order valence-electron chi connectivity index (χ3n) is 3.72. The largest absolute Gasteiger partial charge is 0.465 e. The van der Waals surface area contributed by atoms with Crippen molar-refractivity contribution in [2.75, 3.05) is 37.8 Å². The minimum absolute atomic E-state index is 0.341. The van der Waals surface area contributed by atoms with E-state index in [1.807, 2.05) is 0 Å². The number of hydrogen-bond donors (Lipinski definition) is 2. The summed E-state index contributed by atoms with van der Waals surface area (Å²) in [6, 6.07) is 1.98. The number of methoxy groups -OCH3 is 1. The number of nitrogen functional groups attached to an aromatic ring is 1. The Morgan fingerprint density at radius 3 is 2.90 bits per heavy atom. The van der Waals surface area contributed by atoms with E-state index in [1.54, 1.807) is 12.3 Å². The standard InChI is InChI=1S/C14H22N4O2/c1-10(18-7-3-4-8-18)9-17-13-12(15)11(5-6-16-13)14(19)20-2/h5-6,10H,3-4,7-9,15H2,1-2H3,(H,16,17). The first-order valence-electron chi connectivity index (χ1n) is 6.94. The number of esters is 1. The second-order valence-corrected chi connectivity index (χ2v) is 5.09. The molecule has 1 fully saturated rings. The van der Waals surface area contributed by atoms with Gasteiger partial charge in [-0.1, -0.05) is 0 Å². The number of anilines is 2. The SMILES string of the molecule is COC(=O)c1ccnc(NCC(C)N2CCCC2)c1N. The van der Waals surface area contributed by atoms with Crippen LogP contribution in [0, 0.1) is 0 Å². The van der Waals surface area contributed by atoms with Crippen molar-refractivity contribution in [1.29, 1.82) is 0 Å².